The molecule has 0 radical (unpaired) electrons. The number of methoxy groups -OCH3 is 1. The second-order valence-electron chi connectivity index (χ2n) is 5.02. The average molecular weight is 260 g/mol. The highest BCUT2D eigenvalue weighted by molar-refractivity contribution is 5.83. The number of rotatable bonds is 4. The molecule has 0 aromatic rings. The van der Waals surface area contributed by atoms with Gasteiger partial charge in [0.2, 0.25) is 0 Å². The first-order valence-corrected chi connectivity index (χ1v) is 5.77. The third-order valence-electron chi connectivity index (χ3n) is 3.04. The van der Waals surface area contributed by atoms with E-state index in [0.717, 1.165) is 4.90 Å². The van der Waals surface area contributed by atoms with Gasteiger partial charge in [0, 0.05) is 26.6 Å². The molecule has 0 aromatic carbocycles. The Bertz CT molecular complexity index is 331. The van der Waals surface area contributed by atoms with Gasteiger partial charge in [-0.3, -0.25) is 0 Å². The third-order valence-corrected chi connectivity index (χ3v) is 3.04. The van der Waals surface area contributed by atoms with Crippen molar-refractivity contribution in [3.63, 3.8) is 0 Å². The molecular weight excluding hydrogens is 240 g/mol. The van der Waals surface area contributed by atoms with Crippen LogP contribution in [0.5, 0.6) is 0 Å². The number of β-amino-alcohol motifs (C(OH)–C–C–N with tert-alkyl or cyclic N) is 1. The number of nitrogens with zero attached hydrogens (tertiary/aromatic N) is 1. The average Bonchev–Trinajstić information content (AvgIpc) is 2.68. The minimum atomic E-state index is -1.10. The lowest BCUT2D eigenvalue weighted by atomic mass is 10.1. The second-order valence-corrected chi connectivity index (χ2v) is 5.02. The highest BCUT2D eigenvalue weighted by Gasteiger charge is 2.39. The summed E-state index contributed by atoms with van der Waals surface area (Å²) in [5.41, 5.74) is -0.521. The molecular formula is C11H20N2O5. The van der Waals surface area contributed by atoms with Crippen molar-refractivity contribution in [2.24, 2.45) is 0 Å². The van der Waals surface area contributed by atoms with Gasteiger partial charge in [0.1, 0.15) is 6.04 Å². The minimum Gasteiger partial charge on any atom is -0.480 e. The molecule has 2 atom stereocenters. The van der Waals surface area contributed by atoms with Crippen molar-refractivity contribution in [2.75, 3.05) is 20.2 Å². The van der Waals surface area contributed by atoms with Crippen LogP contribution in [0.2, 0.25) is 0 Å². The first-order chi connectivity index (χ1) is 8.26. The van der Waals surface area contributed by atoms with Crippen LogP contribution >= 0.6 is 0 Å². The molecule has 0 bridgehead atoms. The predicted molar refractivity (Wildman–Crippen MR) is 63.2 cm³/mol. The molecule has 3 N–H and O–H groups in total. The number of carboxylic acids is 1. The molecule has 0 aliphatic carbocycles. The summed E-state index contributed by atoms with van der Waals surface area (Å²) in [6, 6.07) is -1.46. The summed E-state index contributed by atoms with van der Waals surface area (Å²) in [4.78, 5) is 24.0. The van der Waals surface area contributed by atoms with Crippen molar-refractivity contribution in [2.45, 2.75) is 38.0 Å². The van der Waals surface area contributed by atoms with Gasteiger partial charge in [-0.15, -0.1) is 0 Å². The Labute approximate surface area is 106 Å². The summed E-state index contributed by atoms with van der Waals surface area (Å²) < 4.78 is 5.15. The van der Waals surface area contributed by atoms with Crippen molar-refractivity contribution in [1.29, 1.82) is 0 Å². The molecule has 0 spiro atoms. The Kier molecular flexibility index (Phi) is 4.53. The SMILES string of the molecule is COC(C)(C)CNC(=O)N1CC(O)C[C@H]1C(=O)O. The monoisotopic (exact) mass is 260 g/mol. The van der Waals surface area contributed by atoms with Gasteiger partial charge in [-0.25, -0.2) is 9.59 Å². The lowest BCUT2D eigenvalue weighted by molar-refractivity contribution is -0.141. The van der Waals surface area contributed by atoms with Crippen LogP contribution in [0, 0.1) is 0 Å². The zero-order valence-corrected chi connectivity index (χ0v) is 10.8. The van der Waals surface area contributed by atoms with Crippen molar-refractivity contribution in [1.82, 2.24) is 10.2 Å². The molecule has 1 aliphatic rings. The van der Waals surface area contributed by atoms with Crippen LogP contribution in [-0.4, -0.2) is 65.1 Å². The molecule has 0 aromatic heterocycles. The first-order valence-electron chi connectivity index (χ1n) is 5.77. The molecule has 18 heavy (non-hydrogen) atoms. The summed E-state index contributed by atoms with van der Waals surface area (Å²) in [6.45, 7) is 3.92. The van der Waals surface area contributed by atoms with Gasteiger partial charge in [-0.2, -0.15) is 0 Å². The van der Waals surface area contributed by atoms with Crippen LogP contribution < -0.4 is 5.32 Å². The van der Waals surface area contributed by atoms with Gasteiger partial charge in [-0.1, -0.05) is 0 Å². The van der Waals surface area contributed by atoms with Gasteiger partial charge >= 0.3 is 12.0 Å². The zero-order valence-electron chi connectivity index (χ0n) is 10.8. The maximum atomic E-state index is 11.9. The van der Waals surface area contributed by atoms with E-state index in [1.165, 1.54) is 7.11 Å². The van der Waals surface area contributed by atoms with Crippen LogP contribution in [-0.2, 0) is 9.53 Å². The summed E-state index contributed by atoms with van der Waals surface area (Å²) >= 11 is 0. The van der Waals surface area contributed by atoms with Gasteiger partial charge < -0.3 is 25.2 Å². The van der Waals surface area contributed by atoms with E-state index in [1.54, 1.807) is 13.8 Å². The van der Waals surface area contributed by atoms with E-state index in [1.807, 2.05) is 0 Å². The zero-order chi connectivity index (χ0) is 13.9. The number of hydrogen-bond donors (Lipinski definition) is 3. The van der Waals surface area contributed by atoms with Gasteiger partial charge in [0.25, 0.3) is 0 Å². The van der Waals surface area contributed by atoms with Crippen LogP contribution in [0.25, 0.3) is 0 Å². The van der Waals surface area contributed by atoms with Crippen molar-refractivity contribution in [3.8, 4) is 0 Å². The van der Waals surface area contributed by atoms with Crippen LogP contribution in [0.1, 0.15) is 20.3 Å². The summed E-state index contributed by atoms with van der Waals surface area (Å²) in [7, 11) is 1.53. The largest absolute Gasteiger partial charge is 0.480 e. The number of aliphatic carboxylic acids is 1. The fourth-order valence-electron chi connectivity index (χ4n) is 1.73. The molecule has 1 rings (SSSR count). The lowest BCUT2D eigenvalue weighted by Gasteiger charge is -2.26. The van der Waals surface area contributed by atoms with Gasteiger partial charge in [-0.05, 0) is 13.8 Å². The molecule has 1 aliphatic heterocycles. The van der Waals surface area contributed by atoms with E-state index in [2.05, 4.69) is 5.32 Å². The maximum Gasteiger partial charge on any atom is 0.326 e. The van der Waals surface area contributed by atoms with Crippen LogP contribution in [0.15, 0.2) is 0 Å². The molecule has 1 unspecified atom stereocenters. The van der Waals surface area contributed by atoms with E-state index >= 15 is 0 Å². The molecule has 104 valence electrons. The third kappa shape index (κ3) is 3.58. The smallest absolute Gasteiger partial charge is 0.326 e. The number of carboxylic acid groups (broad SMARTS) is 1. The Hall–Kier alpha value is -1.34. The number of urea groups is 1. The summed E-state index contributed by atoms with van der Waals surface area (Å²) in [5, 5.41) is 21.0. The van der Waals surface area contributed by atoms with E-state index in [-0.39, 0.29) is 19.5 Å². The molecule has 7 heteroatoms. The highest BCUT2D eigenvalue weighted by atomic mass is 16.5. The van der Waals surface area contributed by atoms with Gasteiger partial charge in [0.05, 0.1) is 11.7 Å². The fourth-order valence-corrected chi connectivity index (χ4v) is 1.73. The number of hydrogen-bond acceptors (Lipinski definition) is 4. The van der Waals surface area contributed by atoms with E-state index in [4.69, 9.17) is 9.84 Å². The quantitative estimate of drug-likeness (QED) is 0.641. The number of carbonyl (C=O) groups excluding carboxylic acids is 1. The number of carbonyl (C=O) groups is 2. The van der Waals surface area contributed by atoms with E-state index < -0.39 is 29.7 Å². The Morgan fingerprint density at radius 1 is 1.50 bits per heavy atom. The van der Waals surface area contributed by atoms with Crippen molar-refractivity contribution >= 4 is 12.0 Å². The lowest BCUT2D eigenvalue weighted by Crippen LogP contribution is -2.49. The van der Waals surface area contributed by atoms with Crippen LogP contribution in [0.4, 0.5) is 4.79 Å². The van der Waals surface area contributed by atoms with E-state index in [0.29, 0.717) is 0 Å². The number of likely N-dealkylation sites (tertiary alicyclic amines) is 1. The standard InChI is InChI=1S/C11H20N2O5/c1-11(2,18-3)6-12-10(17)13-5-7(14)4-8(13)9(15)16/h7-8,14H,4-6H2,1-3H3,(H,12,17)(H,15,16)/t7?,8-/m0/s1. The Morgan fingerprint density at radius 2 is 2.11 bits per heavy atom. The van der Waals surface area contributed by atoms with Crippen molar-refractivity contribution < 1.29 is 24.5 Å². The molecule has 1 saturated heterocycles. The summed E-state index contributed by atoms with van der Waals surface area (Å²) in [5.74, 6) is -1.10. The molecule has 1 fully saturated rings. The highest BCUT2D eigenvalue weighted by Crippen LogP contribution is 2.18. The summed E-state index contributed by atoms with van der Waals surface area (Å²) in [6.07, 6.45) is -0.719. The topological polar surface area (TPSA) is 99.1 Å². The number of amides is 2. The number of aliphatic hydroxyl groups is 1. The Balaban J connectivity index is 2.58. The fraction of sp³-hybridized carbons (Fsp3) is 0.818. The molecule has 0 saturated carbocycles. The molecule has 2 amide bonds. The second kappa shape index (κ2) is 5.53. The Morgan fingerprint density at radius 3 is 2.61 bits per heavy atom. The number of ether oxygens (including phenoxy) is 1. The van der Waals surface area contributed by atoms with E-state index in [9.17, 15) is 14.7 Å². The van der Waals surface area contributed by atoms with Crippen LogP contribution in [0.3, 0.4) is 0 Å². The number of aliphatic hydroxyl groups excluding tert-OH is 1. The molecule has 7 nitrogen and oxygen atoms in total. The van der Waals surface area contributed by atoms with Crippen molar-refractivity contribution in [3.05, 3.63) is 0 Å². The normalized spacial score (nSPS) is 24.1. The first kappa shape index (κ1) is 14.7. The predicted octanol–water partition coefficient (Wildman–Crippen LogP) is -0.359. The minimum absolute atomic E-state index is 0.0379. The van der Waals surface area contributed by atoms with Gasteiger partial charge in [0.15, 0.2) is 0 Å². The molecule has 1 heterocycles. The maximum absolute atomic E-state index is 11.9. The number of nitrogens with one attached hydrogen (secondary N) is 1.